The number of para-hydroxylation sites is 1. The lowest BCUT2D eigenvalue weighted by molar-refractivity contribution is 0.0940. The lowest BCUT2D eigenvalue weighted by Gasteiger charge is -2.34. The largest absolute Gasteiger partial charge is 0.473 e. The van der Waals surface area contributed by atoms with Gasteiger partial charge in [0.25, 0.3) is 0 Å². The van der Waals surface area contributed by atoms with E-state index < -0.39 is 0 Å². The van der Waals surface area contributed by atoms with E-state index in [1.165, 1.54) is 0 Å². The van der Waals surface area contributed by atoms with Gasteiger partial charge in [-0.1, -0.05) is 48.5 Å². The number of nitrogens with zero attached hydrogens (tertiary/aromatic N) is 4. The molecule has 166 valence electrons. The van der Waals surface area contributed by atoms with Crippen LogP contribution in [0.3, 0.4) is 0 Å². The highest BCUT2D eigenvalue weighted by atomic mass is 16.6. The average Bonchev–Trinajstić information content (AvgIpc) is 2.85. The van der Waals surface area contributed by atoms with Crippen molar-refractivity contribution in [1.82, 2.24) is 14.9 Å². The van der Waals surface area contributed by atoms with E-state index in [1.807, 2.05) is 59.5 Å². The maximum Gasteiger partial charge on any atom is 0.410 e. The minimum Gasteiger partial charge on any atom is -0.473 e. The number of anilines is 1. The van der Waals surface area contributed by atoms with Crippen LogP contribution in [0, 0.1) is 0 Å². The number of fused-ring (bicyclic) bond motifs is 1. The van der Waals surface area contributed by atoms with Crippen molar-refractivity contribution in [2.24, 2.45) is 0 Å². The van der Waals surface area contributed by atoms with Crippen molar-refractivity contribution in [3.8, 4) is 5.88 Å². The normalized spacial score (nSPS) is 14.2. The number of hydrogen-bond donors (Lipinski definition) is 1. The molecule has 0 atom stereocenters. The molecule has 2 heterocycles. The van der Waals surface area contributed by atoms with E-state index in [2.05, 4.69) is 4.98 Å². The van der Waals surface area contributed by atoms with Crippen molar-refractivity contribution in [3.05, 3.63) is 72.3 Å². The summed E-state index contributed by atoms with van der Waals surface area (Å²) in [5, 5.41) is 9.72. The third-order valence-electron chi connectivity index (χ3n) is 5.17. The summed E-state index contributed by atoms with van der Waals surface area (Å²) in [4.78, 5) is 25.5. The summed E-state index contributed by atoms with van der Waals surface area (Å²) < 4.78 is 11.3. The number of rotatable bonds is 7. The SMILES string of the molecule is O=C(OCc1ccccc1)N1CCN(c2nc(OC/C=C/CO)c3ccccc3n2)CC1. The molecule has 2 aromatic carbocycles. The molecule has 0 bridgehead atoms. The molecule has 1 saturated heterocycles. The molecule has 1 N–H and O–H groups in total. The topological polar surface area (TPSA) is 88.0 Å². The molecule has 1 aromatic heterocycles. The van der Waals surface area contributed by atoms with E-state index in [0.717, 1.165) is 16.5 Å². The second kappa shape index (κ2) is 10.6. The maximum atomic E-state index is 12.4. The van der Waals surface area contributed by atoms with Crippen LogP contribution in [0.5, 0.6) is 5.88 Å². The quantitative estimate of drug-likeness (QED) is 0.572. The number of carbonyl (C=O) groups excluding carboxylic acids is 1. The van der Waals surface area contributed by atoms with Crippen LogP contribution in [-0.4, -0.2) is 65.5 Å². The number of aliphatic hydroxyl groups excluding tert-OH is 1. The summed E-state index contributed by atoms with van der Waals surface area (Å²) in [6.07, 6.45) is 3.06. The number of piperazine rings is 1. The van der Waals surface area contributed by atoms with Gasteiger partial charge < -0.3 is 24.4 Å². The highest BCUT2D eigenvalue weighted by Crippen LogP contribution is 2.26. The van der Waals surface area contributed by atoms with Gasteiger partial charge in [0.1, 0.15) is 13.2 Å². The molecule has 0 radical (unpaired) electrons. The van der Waals surface area contributed by atoms with Crippen LogP contribution in [0.25, 0.3) is 10.9 Å². The molecule has 1 fully saturated rings. The van der Waals surface area contributed by atoms with Crippen molar-refractivity contribution in [3.63, 3.8) is 0 Å². The lowest BCUT2D eigenvalue weighted by Crippen LogP contribution is -2.49. The number of ether oxygens (including phenoxy) is 2. The van der Waals surface area contributed by atoms with Crippen molar-refractivity contribution >= 4 is 22.9 Å². The zero-order valence-corrected chi connectivity index (χ0v) is 17.8. The standard InChI is InChI=1S/C24H26N4O4/c29-16-6-7-17-31-22-20-10-4-5-11-21(20)25-23(26-22)27-12-14-28(15-13-27)24(30)32-18-19-8-2-1-3-9-19/h1-11,29H,12-18H2/b7-6+. The highest BCUT2D eigenvalue weighted by Gasteiger charge is 2.24. The fourth-order valence-electron chi connectivity index (χ4n) is 3.46. The van der Waals surface area contributed by atoms with Gasteiger partial charge in [-0.05, 0) is 23.8 Å². The summed E-state index contributed by atoms with van der Waals surface area (Å²) in [5.74, 6) is 1.07. The minimum atomic E-state index is -0.312. The Morgan fingerprint density at radius 3 is 2.50 bits per heavy atom. The fraction of sp³-hybridized carbons (Fsp3) is 0.292. The smallest absolute Gasteiger partial charge is 0.410 e. The third kappa shape index (κ3) is 5.33. The zero-order chi connectivity index (χ0) is 22.2. The maximum absolute atomic E-state index is 12.4. The Balaban J connectivity index is 1.39. The van der Waals surface area contributed by atoms with Crippen molar-refractivity contribution in [2.75, 3.05) is 44.3 Å². The van der Waals surface area contributed by atoms with Crippen LogP contribution in [-0.2, 0) is 11.3 Å². The molecule has 8 heteroatoms. The first-order valence-electron chi connectivity index (χ1n) is 10.6. The third-order valence-corrected chi connectivity index (χ3v) is 5.17. The van der Waals surface area contributed by atoms with Gasteiger partial charge in [0.2, 0.25) is 11.8 Å². The molecule has 4 rings (SSSR count). The predicted octanol–water partition coefficient (Wildman–Crippen LogP) is 3.02. The van der Waals surface area contributed by atoms with Gasteiger partial charge in [0.15, 0.2) is 0 Å². The van der Waals surface area contributed by atoms with E-state index in [-0.39, 0.29) is 19.3 Å². The Kier molecular flexibility index (Phi) is 7.14. The van der Waals surface area contributed by atoms with Gasteiger partial charge in [0.05, 0.1) is 17.5 Å². The van der Waals surface area contributed by atoms with Gasteiger partial charge >= 0.3 is 6.09 Å². The second-order valence-corrected chi connectivity index (χ2v) is 7.33. The molecule has 1 aliphatic heterocycles. The first-order valence-corrected chi connectivity index (χ1v) is 10.6. The first-order chi connectivity index (χ1) is 15.7. The summed E-state index contributed by atoms with van der Waals surface area (Å²) in [6.45, 7) is 2.79. The number of aliphatic hydroxyl groups is 1. The van der Waals surface area contributed by atoms with Gasteiger partial charge in [-0.2, -0.15) is 4.98 Å². The molecule has 1 amide bonds. The number of amides is 1. The van der Waals surface area contributed by atoms with Crippen LogP contribution >= 0.6 is 0 Å². The molecule has 3 aromatic rings. The zero-order valence-electron chi connectivity index (χ0n) is 17.8. The summed E-state index contributed by atoms with van der Waals surface area (Å²) in [6, 6.07) is 17.3. The number of aromatic nitrogens is 2. The van der Waals surface area contributed by atoms with Crippen LogP contribution in [0.2, 0.25) is 0 Å². The van der Waals surface area contributed by atoms with E-state index in [0.29, 0.717) is 44.6 Å². The van der Waals surface area contributed by atoms with Crippen molar-refractivity contribution in [1.29, 1.82) is 0 Å². The molecule has 0 spiro atoms. The van der Waals surface area contributed by atoms with Crippen LogP contribution in [0.15, 0.2) is 66.7 Å². The van der Waals surface area contributed by atoms with Gasteiger partial charge in [-0.15, -0.1) is 0 Å². The molecular formula is C24H26N4O4. The lowest BCUT2D eigenvalue weighted by atomic mass is 10.2. The Bertz CT molecular complexity index is 1070. The monoisotopic (exact) mass is 434 g/mol. The van der Waals surface area contributed by atoms with E-state index in [4.69, 9.17) is 19.6 Å². The Morgan fingerprint density at radius 1 is 0.969 bits per heavy atom. The molecule has 0 unspecified atom stereocenters. The molecule has 1 aliphatic rings. The van der Waals surface area contributed by atoms with Crippen LogP contribution in [0.1, 0.15) is 5.56 Å². The van der Waals surface area contributed by atoms with Gasteiger partial charge in [-0.25, -0.2) is 9.78 Å². The highest BCUT2D eigenvalue weighted by molar-refractivity contribution is 5.84. The van der Waals surface area contributed by atoms with Crippen LogP contribution in [0.4, 0.5) is 10.7 Å². The van der Waals surface area contributed by atoms with Crippen LogP contribution < -0.4 is 9.64 Å². The second-order valence-electron chi connectivity index (χ2n) is 7.33. The molecule has 0 aliphatic carbocycles. The Morgan fingerprint density at radius 2 is 1.72 bits per heavy atom. The molecular weight excluding hydrogens is 408 g/mol. The average molecular weight is 434 g/mol. The molecule has 32 heavy (non-hydrogen) atoms. The van der Waals surface area contributed by atoms with Crippen molar-refractivity contribution < 1.29 is 19.4 Å². The van der Waals surface area contributed by atoms with Gasteiger partial charge in [-0.3, -0.25) is 0 Å². The number of benzene rings is 2. The Hall–Kier alpha value is -3.65. The fourth-order valence-corrected chi connectivity index (χ4v) is 3.46. The van der Waals surface area contributed by atoms with E-state index in [1.54, 1.807) is 17.1 Å². The summed E-state index contributed by atoms with van der Waals surface area (Å²) >= 11 is 0. The first kappa shape index (κ1) is 21.6. The minimum absolute atomic E-state index is 0.0306. The predicted molar refractivity (Wildman–Crippen MR) is 122 cm³/mol. The number of carbonyl (C=O) groups is 1. The van der Waals surface area contributed by atoms with Gasteiger partial charge in [0, 0.05) is 26.2 Å². The summed E-state index contributed by atoms with van der Waals surface area (Å²) in [5.41, 5.74) is 1.76. The summed E-state index contributed by atoms with van der Waals surface area (Å²) in [7, 11) is 0. The number of hydrogen-bond acceptors (Lipinski definition) is 7. The van der Waals surface area contributed by atoms with E-state index >= 15 is 0 Å². The Labute approximate surface area is 186 Å². The van der Waals surface area contributed by atoms with E-state index in [9.17, 15) is 4.79 Å². The molecule has 0 saturated carbocycles. The van der Waals surface area contributed by atoms with Crippen molar-refractivity contribution in [2.45, 2.75) is 6.61 Å². The molecule has 8 nitrogen and oxygen atoms in total.